The average Bonchev–Trinajstić information content (AvgIpc) is 2.79. The van der Waals surface area contributed by atoms with Crippen molar-refractivity contribution in [3.05, 3.63) is 0 Å². The zero-order valence-corrected chi connectivity index (χ0v) is 12.9. The molecule has 0 aliphatic heterocycles. The zero-order valence-electron chi connectivity index (χ0n) is 12.9. The normalized spacial score (nSPS) is 58.0. The van der Waals surface area contributed by atoms with Crippen molar-refractivity contribution in [2.45, 2.75) is 76.7 Å². The Morgan fingerprint density at radius 1 is 1.00 bits per heavy atom. The maximum Gasteiger partial charge on any atom is 0.0684 e. The maximum atomic E-state index is 11.3. The van der Waals surface area contributed by atoms with E-state index in [1.54, 1.807) is 0 Å². The molecule has 114 valence electrons. The zero-order chi connectivity index (χ0) is 14.0. The van der Waals surface area contributed by atoms with Gasteiger partial charge in [-0.1, -0.05) is 13.3 Å². The van der Waals surface area contributed by atoms with Crippen LogP contribution in [0.3, 0.4) is 0 Å². The van der Waals surface area contributed by atoms with Crippen LogP contribution in [0.1, 0.15) is 71.1 Å². The summed E-state index contributed by atoms with van der Waals surface area (Å²) in [5, 5.41) is 20.7. The summed E-state index contributed by atoms with van der Waals surface area (Å²) in [5.74, 6) is 1.87. The Bertz CT molecular complexity index is 408. The average molecular weight is 278 g/mol. The van der Waals surface area contributed by atoms with Crippen LogP contribution < -0.4 is 0 Å². The van der Waals surface area contributed by atoms with E-state index in [0.717, 1.165) is 18.8 Å². The summed E-state index contributed by atoms with van der Waals surface area (Å²) in [7, 11) is 0. The molecule has 2 nitrogen and oxygen atoms in total. The molecule has 4 aliphatic carbocycles. The molecule has 2 N–H and O–H groups in total. The van der Waals surface area contributed by atoms with E-state index in [4.69, 9.17) is 0 Å². The Morgan fingerprint density at radius 2 is 1.85 bits per heavy atom. The second-order valence-corrected chi connectivity index (χ2v) is 9.05. The molecule has 4 saturated carbocycles. The minimum absolute atomic E-state index is 0.350. The largest absolute Gasteiger partial charge is 0.396 e. The van der Waals surface area contributed by atoms with E-state index in [2.05, 4.69) is 6.92 Å². The number of aliphatic hydroxyl groups is 2. The van der Waals surface area contributed by atoms with Crippen LogP contribution in [0.5, 0.6) is 0 Å². The van der Waals surface area contributed by atoms with Gasteiger partial charge >= 0.3 is 0 Å². The van der Waals surface area contributed by atoms with Gasteiger partial charge in [0.1, 0.15) is 0 Å². The van der Waals surface area contributed by atoms with E-state index in [1.807, 2.05) is 0 Å². The van der Waals surface area contributed by atoms with Gasteiger partial charge in [0.05, 0.1) is 5.60 Å². The lowest BCUT2D eigenvalue weighted by Crippen LogP contribution is -2.57. The lowest BCUT2D eigenvalue weighted by molar-refractivity contribution is -0.171. The van der Waals surface area contributed by atoms with Crippen molar-refractivity contribution < 1.29 is 10.2 Å². The summed E-state index contributed by atoms with van der Waals surface area (Å²) in [4.78, 5) is 0. The Labute approximate surface area is 123 Å². The van der Waals surface area contributed by atoms with Crippen molar-refractivity contribution in [1.29, 1.82) is 0 Å². The smallest absolute Gasteiger partial charge is 0.0684 e. The molecule has 4 fully saturated rings. The molecule has 0 unspecified atom stereocenters. The number of fused-ring (bicyclic) bond motifs is 5. The Hall–Kier alpha value is -0.0800. The Kier molecular flexibility index (Phi) is 2.87. The quantitative estimate of drug-likeness (QED) is 0.770. The van der Waals surface area contributed by atoms with Gasteiger partial charge in [0, 0.05) is 6.61 Å². The van der Waals surface area contributed by atoms with Gasteiger partial charge in [0.25, 0.3) is 0 Å². The second-order valence-electron chi connectivity index (χ2n) is 9.05. The molecule has 0 radical (unpaired) electrons. The molecule has 4 rings (SSSR count). The van der Waals surface area contributed by atoms with Gasteiger partial charge in [-0.05, 0) is 86.4 Å². The van der Waals surface area contributed by atoms with E-state index in [1.165, 1.54) is 51.4 Å². The first-order valence-electron chi connectivity index (χ1n) is 8.82. The standard InChI is InChI=1S/C18H30O2/c1-16-5-2-6-18(20,12-16)15-10-17(14(15)4-7-16)8-3-13(9-17)11-19/h13-15,19-20H,2-12H2,1H3/t13-,14-,15-,16+,17-,18-/m1/s1. The molecule has 1 spiro atoms. The first-order chi connectivity index (χ1) is 9.49. The monoisotopic (exact) mass is 278 g/mol. The van der Waals surface area contributed by atoms with E-state index in [0.29, 0.717) is 29.3 Å². The Morgan fingerprint density at radius 3 is 2.60 bits per heavy atom. The van der Waals surface area contributed by atoms with Gasteiger partial charge in [-0.15, -0.1) is 0 Å². The molecule has 0 heterocycles. The highest BCUT2D eigenvalue weighted by atomic mass is 16.3. The molecule has 0 aromatic heterocycles. The predicted molar refractivity (Wildman–Crippen MR) is 79.2 cm³/mol. The molecule has 20 heavy (non-hydrogen) atoms. The molecule has 6 atom stereocenters. The van der Waals surface area contributed by atoms with Gasteiger partial charge in [-0.3, -0.25) is 0 Å². The molecule has 0 saturated heterocycles. The highest BCUT2D eigenvalue weighted by molar-refractivity contribution is 5.14. The number of hydrogen-bond donors (Lipinski definition) is 2. The lowest BCUT2D eigenvalue weighted by atomic mass is 9.47. The fourth-order valence-corrected chi connectivity index (χ4v) is 6.79. The minimum atomic E-state index is -0.350. The first-order valence-corrected chi connectivity index (χ1v) is 8.82. The summed E-state index contributed by atoms with van der Waals surface area (Å²) >= 11 is 0. The van der Waals surface area contributed by atoms with Gasteiger partial charge in [0.15, 0.2) is 0 Å². The van der Waals surface area contributed by atoms with Crippen LogP contribution in [0.2, 0.25) is 0 Å². The second kappa shape index (κ2) is 4.23. The lowest BCUT2D eigenvalue weighted by Gasteiger charge is -2.59. The summed E-state index contributed by atoms with van der Waals surface area (Å²) in [5.41, 5.74) is 0.554. The van der Waals surface area contributed by atoms with Crippen LogP contribution in [0.4, 0.5) is 0 Å². The van der Waals surface area contributed by atoms with E-state index in [-0.39, 0.29) is 5.60 Å². The third-order valence-electron chi connectivity index (χ3n) is 7.77. The van der Waals surface area contributed by atoms with Crippen molar-refractivity contribution in [2.75, 3.05) is 6.61 Å². The molecular weight excluding hydrogens is 248 g/mol. The van der Waals surface area contributed by atoms with Crippen LogP contribution in [-0.2, 0) is 0 Å². The fraction of sp³-hybridized carbons (Fsp3) is 1.00. The van der Waals surface area contributed by atoms with Crippen LogP contribution in [-0.4, -0.2) is 22.4 Å². The predicted octanol–water partition coefficient (Wildman–Crippen LogP) is 3.51. The van der Waals surface area contributed by atoms with Gasteiger partial charge in [-0.2, -0.15) is 0 Å². The summed E-state index contributed by atoms with van der Waals surface area (Å²) in [6, 6.07) is 0. The molecule has 0 aromatic carbocycles. The highest BCUT2D eigenvalue weighted by Crippen LogP contribution is 2.69. The fourth-order valence-electron chi connectivity index (χ4n) is 6.79. The number of rotatable bonds is 1. The number of hydrogen-bond acceptors (Lipinski definition) is 2. The van der Waals surface area contributed by atoms with E-state index < -0.39 is 0 Å². The topological polar surface area (TPSA) is 40.5 Å². The van der Waals surface area contributed by atoms with E-state index >= 15 is 0 Å². The van der Waals surface area contributed by atoms with Gasteiger partial charge in [0.2, 0.25) is 0 Å². The summed E-state index contributed by atoms with van der Waals surface area (Å²) in [6.07, 6.45) is 12.3. The SMILES string of the molecule is C[C@@]12CCC[C@@](O)(C1)[C@@H]1C[C@]3(CC[C@@H](CO)C3)[C@@H]1CC2. The van der Waals surface area contributed by atoms with E-state index in [9.17, 15) is 10.2 Å². The Balaban J connectivity index is 1.59. The van der Waals surface area contributed by atoms with Crippen LogP contribution in [0.25, 0.3) is 0 Å². The van der Waals surface area contributed by atoms with Crippen LogP contribution in [0.15, 0.2) is 0 Å². The molecule has 2 heteroatoms. The van der Waals surface area contributed by atoms with Crippen molar-refractivity contribution in [3.63, 3.8) is 0 Å². The van der Waals surface area contributed by atoms with Gasteiger partial charge in [-0.25, -0.2) is 0 Å². The van der Waals surface area contributed by atoms with Crippen molar-refractivity contribution in [1.82, 2.24) is 0 Å². The highest BCUT2D eigenvalue weighted by Gasteiger charge is 2.64. The van der Waals surface area contributed by atoms with Crippen molar-refractivity contribution >= 4 is 0 Å². The van der Waals surface area contributed by atoms with Gasteiger partial charge < -0.3 is 10.2 Å². The molecule has 2 bridgehead atoms. The molecule has 0 amide bonds. The third-order valence-corrected chi connectivity index (χ3v) is 7.77. The van der Waals surface area contributed by atoms with Crippen molar-refractivity contribution in [3.8, 4) is 0 Å². The minimum Gasteiger partial charge on any atom is -0.396 e. The molecule has 0 aromatic rings. The van der Waals surface area contributed by atoms with Crippen molar-refractivity contribution in [2.24, 2.45) is 28.6 Å². The summed E-state index contributed by atoms with van der Waals surface area (Å²) in [6.45, 7) is 2.79. The maximum absolute atomic E-state index is 11.3. The first kappa shape index (κ1) is 13.6. The molecular formula is C18H30O2. The van der Waals surface area contributed by atoms with Crippen LogP contribution in [0, 0.1) is 28.6 Å². The van der Waals surface area contributed by atoms with Crippen LogP contribution >= 0.6 is 0 Å². The third kappa shape index (κ3) is 1.76. The molecule has 4 aliphatic rings. The summed E-state index contributed by atoms with van der Waals surface area (Å²) < 4.78 is 0. The number of aliphatic hydroxyl groups excluding tert-OH is 1.